The van der Waals surface area contributed by atoms with Crippen LogP contribution in [0.25, 0.3) is 0 Å². The van der Waals surface area contributed by atoms with Crippen LogP contribution in [0.1, 0.15) is 6.92 Å². The number of rotatable bonds is 3. The van der Waals surface area contributed by atoms with Crippen LogP contribution < -0.4 is 0 Å². The highest BCUT2D eigenvalue weighted by Crippen LogP contribution is 2.28. The molecule has 2 aliphatic rings. The van der Waals surface area contributed by atoms with Gasteiger partial charge in [-0.15, -0.1) is 0 Å². The predicted octanol–water partition coefficient (Wildman–Crippen LogP) is -4.37. The van der Waals surface area contributed by atoms with Crippen molar-refractivity contribution in [3.63, 3.8) is 0 Å². The second-order valence-electron chi connectivity index (χ2n) is 5.51. The molecule has 0 amide bonds. The van der Waals surface area contributed by atoms with Gasteiger partial charge >= 0.3 is 0 Å². The molecular weight excluding hydrogens is 304 g/mol. The topological polar surface area (TPSA) is 169 Å². The molecule has 0 aromatic carbocycles. The van der Waals surface area contributed by atoms with Gasteiger partial charge in [-0.3, -0.25) is 0 Å². The molecule has 0 radical (unpaired) electrons. The fourth-order valence-electron chi connectivity index (χ4n) is 2.51. The first-order valence-electron chi connectivity index (χ1n) is 6.93. The minimum absolute atomic E-state index is 0.628. The molecule has 0 aromatic heterocycles. The molecule has 0 bridgehead atoms. The van der Waals surface area contributed by atoms with Crippen LogP contribution in [-0.2, 0) is 14.2 Å². The number of aliphatic hydroxyl groups is 7. The lowest BCUT2D eigenvalue weighted by atomic mass is 9.97. The SMILES string of the molecule is C[C@H]1O[C@@H](O[C@@H]2[C@@H](O)[C@H](O)O[C@H](CO)[C@@H]2O)[C@H](O)[C@@H](O)[C@H]1O. The minimum atomic E-state index is -1.71. The molecule has 0 unspecified atom stereocenters. The summed E-state index contributed by atoms with van der Waals surface area (Å²) in [6.07, 6.45) is -14.3. The van der Waals surface area contributed by atoms with Crippen LogP contribution in [0.4, 0.5) is 0 Å². The van der Waals surface area contributed by atoms with Crippen LogP contribution in [0.3, 0.4) is 0 Å². The number of hydrogen-bond donors (Lipinski definition) is 7. The van der Waals surface area contributed by atoms with Gasteiger partial charge in [-0.1, -0.05) is 0 Å². The van der Waals surface area contributed by atoms with Crippen LogP contribution in [0.5, 0.6) is 0 Å². The van der Waals surface area contributed by atoms with Crippen LogP contribution >= 0.6 is 0 Å². The van der Waals surface area contributed by atoms with Crippen molar-refractivity contribution in [2.45, 2.75) is 68.3 Å². The minimum Gasteiger partial charge on any atom is -0.394 e. The lowest BCUT2D eigenvalue weighted by molar-refractivity contribution is -0.352. The van der Waals surface area contributed by atoms with E-state index in [1.54, 1.807) is 0 Å². The van der Waals surface area contributed by atoms with Crippen LogP contribution in [0, 0.1) is 0 Å². The molecule has 0 spiro atoms. The van der Waals surface area contributed by atoms with Gasteiger partial charge in [0.2, 0.25) is 0 Å². The normalized spacial score (nSPS) is 53.5. The largest absolute Gasteiger partial charge is 0.394 e. The van der Waals surface area contributed by atoms with E-state index in [9.17, 15) is 30.6 Å². The van der Waals surface area contributed by atoms with Gasteiger partial charge in [-0.05, 0) is 6.92 Å². The molecule has 10 atom stereocenters. The maximum Gasteiger partial charge on any atom is 0.187 e. The highest BCUT2D eigenvalue weighted by molar-refractivity contribution is 4.93. The summed E-state index contributed by atoms with van der Waals surface area (Å²) in [5.74, 6) is 0. The Labute approximate surface area is 126 Å². The van der Waals surface area contributed by atoms with Crippen molar-refractivity contribution in [3.05, 3.63) is 0 Å². The Morgan fingerprint density at radius 2 is 1.45 bits per heavy atom. The van der Waals surface area contributed by atoms with Crippen molar-refractivity contribution in [3.8, 4) is 0 Å². The van der Waals surface area contributed by atoms with Crippen LogP contribution in [0.2, 0.25) is 0 Å². The average molecular weight is 326 g/mol. The summed E-state index contributed by atoms with van der Waals surface area (Å²) in [5.41, 5.74) is 0. The van der Waals surface area contributed by atoms with Crippen molar-refractivity contribution < 1.29 is 50.0 Å². The monoisotopic (exact) mass is 326 g/mol. The van der Waals surface area contributed by atoms with Gasteiger partial charge < -0.3 is 50.0 Å². The lowest BCUT2D eigenvalue weighted by Crippen LogP contribution is -2.63. The number of hydrogen-bond acceptors (Lipinski definition) is 10. The molecule has 2 heterocycles. The van der Waals surface area contributed by atoms with Crippen molar-refractivity contribution in [1.82, 2.24) is 0 Å². The van der Waals surface area contributed by atoms with E-state index in [0.29, 0.717) is 0 Å². The predicted molar refractivity (Wildman–Crippen MR) is 67.2 cm³/mol. The summed E-state index contributed by atoms with van der Waals surface area (Å²) in [7, 11) is 0. The molecule has 2 aliphatic heterocycles. The first kappa shape index (κ1) is 17.9. The van der Waals surface area contributed by atoms with E-state index < -0.39 is 68.0 Å². The summed E-state index contributed by atoms with van der Waals surface area (Å²) in [5, 5.41) is 67.6. The Kier molecular flexibility index (Phi) is 5.72. The first-order chi connectivity index (χ1) is 10.3. The number of ether oxygens (including phenoxy) is 3. The molecular formula is C12H22O10. The van der Waals surface area contributed by atoms with Gasteiger partial charge in [0, 0.05) is 0 Å². The van der Waals surface area contributed by atoms with Crippen molar-refractivity contribution in [1.29, 1.82) is 0 Å². The summed E-state index contributed by atoms with van der Waals surface area (Å²) >= 11 is 0. The third kappa shape index (κ3) is 3.26. The summed E-state index contributed by atoms with van der Waals surface area (Å²) in [6, 6.07) is 0. The zero-order chi connectivity index (χ0) is 16.6. The Balaban J connectivity index is 2.10. The molecule has 7 N–H and O–H groups in total. The van der Waals surface area contributed by atoms with Gasteiger partial charge in [0.1, 0.15) is 42.7 Å². The van der Waals surface area contributed by atoms with E-state index in [2.05, 4.69) is 0 Å². The van der Waals surface area contributed by atoms with E-state index >= 15 is 0 Å². The molecule has 0 saturated carbocycles. The standard InChI is InChI=1S/C12H22O10/c1-3-5(14)7(16)8(17)12(20-3)22-10-6(15)4(2-13)21-11(19)9(10)18/h3-19H,2H2,1H3/t3-,4-,5+,6+,7+,8-,9-,10+,11-,12+/m1/s1. The second-order valence-corrected chi connectivity index (χ2v) is 5.51. The molecule has 10 nitrogen and oxygen atoms in total. The quantitative estimate of drug-likeness (QED) is 0.269. The Bertz CT molecular complexity index is 368. The van der Waals surface area contributed by atoms with Gasteiger partial charge in [0.25, 0.3) is 0 Å². The van der Waals surface area contributed by atoms with E-state index in [1.807, 2.05) is 0 Å². The Morgan fingerprint density at radius 3 is 2.05 bits per heavy atom. The molecule has 0 aliphatic carbocycles. The van der Waals surface area contributed by atoms with Crippen LogP contribution in [-0.4, -0.2) is 104 Å². The van der Waals surface area contributed by atoms with Gasteiger partial charge in [0.05, 0.1) is 12.7 Å². The summed E-state index contributed by atoms with van der Waals surface area (Å²) in [4.78, 5) is 0. The third-order valence-corrected chi connectivity index (χ3v) is 3.94. The Morgan fingerprint density at radius 1 is 0.818 bits per heavy atom. The fourth-order valence-corrected chi connectivity index (χ4v) is 2.51. The Hall–Kier alpha value is -0.400. The van der Waals surface area contributed by atoms with E-state index in [-0.39, 0.29) is 0 Å². The van der Waals surface area contributed by atoms with E-state index in [1.165, 1.54) is 6.92 Å². The van der Waals surface area contributed by atoms with Gasteiger partial charge in [0.15, 0.2) is 12.6 Å². The lowest BCUT2D eigenvalue weighted by Gasteiger charge is -2.44. The van der Waals surface area contributed by atoms with Crippen molar-refractivity contribution in [2.24, 2.45) is 0 Å². The van der Waals surface area contributed by atoms with E-state index in [0.717, 1.165) is 0 Å². The molecule has 130 valence electrons. The average Bonchev–Trinajstić information content (AvgIpc) is 2.50. The highest BCUT2D eigenvalue weighted by atomic mass is 16.7. The maximum atomic E-state index is 9.99. The van der Waals surface area contributed by atoms with Gasteiger partial charge in [-0.25, -0.2) is 0 Å². The van der Waals surface area contributed by atoms with E-state index in [4.69, 9.17) is 19.3 Å². The zero-order valence-electron chi connectivity index (χ0n) is 11.8. The molecule has 2 rings (SSSR count). The molecule has 0 aromatic rings. The third-order valence-electron chi connectivity index (χ3n) is 3.94. The fraction of sp³-hybridized carbons (Fsp3) is 1.00. The highest BCUT2D eigenvalue weighted by Gasteiger charge is 2.49. The summed E-state index contributed by atoms with van der Waals surface area (Å²) < 4.78 is 15.3. The molecule has 2 saturated heterocycles. The maximum absolute atomic E-state index is 9.99. The van der Waals surface area contributed by atoms with Crippen LogP contribution in [0.15, 0.2) is 0 Å². The second kappa shape index (κ2) is 7.01. The molecule has 2 fully saturated rings. The van der Waals surface area contributed by atoms with Crippen molar-refractivity contribution >= 4 is 0 Å². The smallest absolute Gasteiger partial charge is 0.187 e. The first-order valence-corrected chi connectivity index (χ1v) is 6.93. The van der Waals surface area contributed by atoms with Crippen molar-refractivity contribution in [2.75, 3.05) is 6.61 Å². The summed E-state index contributed by atoms with van der Waals surface area (Å²) in [6.45, 7) is 0.814. The molecule has 10 heteroatoms. The molecule has 22 heavy (non-hydrogen) atoms. The zero-order valence-corrected chi connectivity index (χ0v) is 11.8. The van der Waals surface area contributed by atoms with Gasteiger partial charge in [-0.2, -0.15) is 0 Å². The number of aliphatic hydroxyl groups excluding tert-OH is 7.